The first-order valence-corrected chi connectivity index (χ1v) is 13.0. The quantitative estimate of drug-likeness (QED) is 0.350. The normalized spacial score (nSPS) is 22.7. The first-order chi connectivity index (χ1) is 19.0. The zero-order chi connectivity index (χ0) is 27.5. The molecule has 0 aliphatic carbocycles. The Morgan fingerprint density at radius 1 is 0.718 bits per heavy atom. The molecule has 1 amide bonds. The third-order valence-corrected chi connectivity index (χ3v) is 6.25. The third kappa shape index (κ3) is 8.73. The Kier molecular flexibility index (Phi) is 10.6. The largest absolute Gasteiger partial charge is 0.457 e. The van der Waals surface area contributed by atoms with Crippen LogP contribution in [0.25, 0.3) is 0 Å². The van der Waals surface area contributed by atoms with E-state index >= 15 is 0 Å². The van der Waals surface area contributed by atoms with E-state index in [1.54, 1.807) is 0 Å². The van der Waals surface area contributed by atoms with Crippen molar-refractivity contribution in [2.45, 2.75) is 64.3 Å². The summed E-state index contributed by atoms with van der Waals surface area (Å²) >= 11 is 0. The average molecular weight is 534 g/mol. The van der Waals surface area contributed by atoms with Gasteiger partial charge in [0.2, 0.25) is 5.91 Å². The number of carbonyl (C=O) groups is 2. The van der Waals surface area contributed by atoms with E-state index in [4.69, 9.17) is 23.7 Å². The van der Waals surface area contributed by atoms with Crippen LogP contribution in [0.5, 0.6) is 0 Å². The predicted molar refractivity (Wildman–Crippen MR) is 144 cm³/mol. The molecule has 206 valence electrons. The molecule has 3 aromatic carbocycles. The summed E-state index contributed by atoms with van der Waals surface area (Å²) in [5.74, 6) is -0.777. The van der Waals surface area contributed by atoms with Gasteiger partial charge in [0.25, 0.3) is 0 Å². The van der Waals surface area contributed by atoms with Gasteiger partial charge in [0, 0.05) is 13.8 Å². The molecular formula is C31H35NO7. The molecule has 8 nitrogen and oxygen atoms in total. The van der Waals surface area contributed by atoms with E-state index in [-0.39, 0.29) is 25.7 Å². The van der Waals surface area contributed by atoms with Crippen molar-refractivity contribution in [2.24, 2.45) is 0 Å². The number of rotatable bonds is 12. The number of benzene rings is 3. The van der Waals surface area contributed by atoms with Gasteiger partial charge in [-0.05, 0) is 16.7 Å². The van der Waals surface area contributed by atoms with Crippen molar-refractivity contribution in [1.82, 2.24) is 5.32 Å². The van der Waals surface area contributed by atoms with Crippen molar-refractivity contribution < 1.29 is 33.3 Å². The van der Waals surface area contributed by atoms with E-state index in [1.165, 1.54) is 13.8 Å². The zero-order valence-electron chi connectivity index (χ0n) is 22.2. The lowest BCUT2D eigenvalue weighted by molar-refractivity contribution is -0.287. The second-order valence-electron chi connectivity index (χ2n) is 9.40. The molecule has 1 fully saturated rings. The molecular weight excluding hydrogens is 498 g/mol. The first-order valence-electron chi connectivity index (χ1n) is 13.0. The minimum Gasteiger partial charge on any atom is -0.457 e. The Bertz CT molecular complexity index is 1160. The van der Waals surface area contributed by atoms with Crippen LogP contribution in [0.3, 0.4) is 0 Å². The van der Waals surface area contributed by atoms with Crippen LogP contribution in [0.4, 0.5) is 0 Å². The molecule has 1 aliphatic heterocycles. The number of hydrogen-bond donors (Lipinski definition) is 1. The minimum absolute atomic E-state index is 0.121. The monoisotopic (exact) mass is 533 g/mol. The lowest BCUT2D eigenvalue weighted by Crippen LogP contribution is -2.66. The standard InChI is InChI=1S/C31H35NO7/c1-22(33)32-28-30(36-19-25-14-8-4-9-15-25)29(38-23(2)34)27(21-35-18-24-12-6-3-7-13-24)39-31(28)37-20-26-16-10-5-11-17-26/h3-17,27-31H,18-21H2,1-2H3,(H,32,33)/t27-,28-,29+,30-,31+/m1/s1. The van der Waals surface area contributed by atoms with Crippen LogP contribution in [0.1, 0.15) is 30.5 Å². The van der Waals surface area contributed by atoms with Crippen molar-refractivity contribution in [3.63, 3.8) is 0 Å². The van der Waals surface area contributed by atoms with Gasteiger partial charge in [0.05, 0.1) is 26.4 Å². The lowest BCUT2D eigenvalue weighted by Gasteiger charge is -2.45. The van der Waals surface area contributed by atoms with Crippen LogP contribution in [-0.4, -0.2) is 49.1 Å². The molecule has 5 atom stereocenters. The summed E-state index contributed by atoms with van der Waals surface area (Å²) in [6.45, 7) is 3.72. The molecule has 39 heavy (non-hydrogen) atoms. The molecule has 1 saturated heterocycles. The van der Waals surface area contributed by atoms with E-state index < -0.39 is 36.6 Å². The maximum atomic E-state index is 12.3. The van der Waals surface area contributed by atoms with Crippen molar-refractivity contribution >= 4 is 11.9 Å². The van der Waals surface area contributed by atoms with Crippen molar-refractivity contribution in [3.8, 4) is 0 Å². The second-order valence-corrected chi connectivity index (χ2v) is 9.40. The summed E-state index contributed by atoms with van der Waals surface area (Å²) in [5, 5.41) is 2.91. The fourth-order valence-corrected chi connectivity index (χ4v) is 4.49. The molecule has 1 aliphatic rings. The zero-order valence-corrected chi connectivity index (χ0v) is 22.2. The summed E-state index contributed by atoms with van der Waals surface area (Å²) < 4.78 is 30.7. The SMILES string of the molecule is CC(=O)N[C@H]1[C@@H](OCc2ccccc2)O[C@H](COCc2ccccc2)[C@H](OC(C)=O)[C@@H]1OCc1ccccc1. The smallest absolute Gasteiger partial charge is 0.303 e. The molecule has 0 bridgehead atoms. The van der Waals surface area contributed by atoms with Gasteiger partial charge in [-0.3, -0.25) is 9.59 Å². The van der Waals surface area contributed by atoms with Gasteiger partial charge in [-0.2, -0.15) is 0 Å². The summed E-state index contributed by atoms with van der Waals surface area (Å²) in [7, 11) is 0. The van der Waals surface area contributed by atoms with E-state index in [1.807, 2.05) is 91.0 Å². The lowest BCUT2D eigenvalue weighted by atomic mass is 9.96. The Labute approximate surface area is 229 Å². The molecule has 4 rings (SSSR count). The summed E-state index contributed by atoms with van der Waals surface area (Å²) in [4.78, 5) is 24.5. The van der Waals surface area contributed by atoms with Gasteiger partial charge in [0.1, 0.15) is 18.2 Å². The van der Waals surface area contributed by atoms with Crippen molar-refractivity contribution in [2.75, 3.05) is 6.61 Å². The highest BCUT2D eigenvalue weighted by Gasteiger charge is 2.49. The van der Waals surface area contributed by atoms with Crippen LogP contribution in [0.2, 0.25) is 0 Å². The van der Waals surface area contributed by atoms with Crippen LogP contribution in [0.15, 0.2) is 91.0 Å². The highest BCUT2D eigenvalue weighted by molar-refractivity contribution is 5.73. The molecule has 0 saturated carbocycles. The number of nitrogens with one attached hydrogen (secondary N) is 1. The Morgan fingerprint density at radius 2 is 1.23 bits per heavy atom. The maximum Gasteiger partial charge on any atom is 0.303 e. The van der Waals surface area contributed by atoms with Crippen LogP contribution in [-0.2, 0) is 53.1 Å². The second kappa shape index (κ2) is 14.6. The van der Waals surface area contributed by atoms with Crippen LogP contribution < -0.4 is 5.32 Å². The van der Waals surface area contributed by atoms with Gasteiger partial charge in [-0.25, -0.2) is 0 Å². The molecule has 1 heterocycles. The minimum atomic E-state index is -0.882. The molecule has 1 N–H and O–H groups in total. The highest BCUT2D eigenvalue weighted by Crippen LogP contribution is 2.29. The van der Waals surface area contributed by atoms with E-state index in [0.717, 1.165) is 16.7 Å². The van der Waals surface area contributed by atoms with Crippen LogP contribution in [0, 0.1) is 0 Å². The molecule has 0 unspecified atom stereocenters. The predicted octanol–water partition coefficient (Wildman–Crippen LogP) is 4.17. The topological polar surface area (TPSA) is 92.3 Å². The average Bonchev–Trinajstić information content (AvgIpc) is 2.94. The van der Waals surface area contributed by atoms with Gasteiger partial charge in [0.15, 0.2) is 12.4 Å². The molecule has 0 radical (unpaired) electrons. The number of esters is 1. The molecule has 8 heteroatoms. The van der Waals surface area contributed by atoms with Crippen molar-refractivity contribution in [3.05, 3.63) is 108 Å². The fraction of sp³-hybridized carbons (Fsp3) is 0.355. The van der Waals surface area contributed by atoms with Gasteiger partial charge < -0.3 is 29.0 Å². The Hall–Kier alpha value is -3.56. The summed E-state index contributed by atoms with van der Waals surface area (Å²) in [5.41, 5.74) is 2.89. The Balaban J connectivity index is 1.58. The van der Waals surface area contributed by atoms with Crippen LogP contribution >= 0.6 is 0 Å². The highest BCUT2D eigenvalue weighted by atomic mass is 16.7. The van der Waals surface area contributed by atoms with E-state index in [9.17, 15) is 9.59 Å². The van der Waals surface area contributed by atoms with E-state index in [0.29, 0.717) is 6.61 Å². The first kappa shape index (κ1) is 28.4. The number of carbonyl (C=O) groups excluding carboxylic acids is 2. The number of hydrogen-bond acceptors (Lipinski definition) is 7. The van der Waals surface area contributed by atoms with Crippen molar-refractivity contribution in [1.29, 1.82) is 0 Å². The summed E-state index contributed by atoms with van der Waals surface area (Å²) in [6, 6.07) is 28.3. The fourth-order valence-electron chi connectivity index (χ4n) is 4.49. The van der Waals surface area contributed by atoms with Gasteiger partial charge >= 0.3 is 5.97 Å². The third-order valence-electron chi connectivity index (χ3n) is 6.25. The summed E-state index contributed by atoms with van der Waals surface area (Å²) in [6.07, 6.45) is -3.20. The van der Waals surface area contributed by atoms with E-state index in [2.05, 4.69) is 5.32 Å². The van der Waals surface area contributed by atoms with Gasteiger partial charge in [-0.1, -0.05) is 91.0 Å². The Morgan fingerprint density at radius 3 is 1.74 bits per heavy atom. The van der Waals surface area contributed by atoms with Gasteiger partial charge in [-0.15, -0.1) is 0 Å². The molecule has 0 aromatic heterocycles. The molecule has 0 spiro atoms. The number of ether oxygens (including phenoxy) is 5. The maximum absolute atomic E-state index is 12.3. The number of amides is 1. The molecule has 3 aromatic rings.